The van der Waals surface area contributed by atoms with Gasteiger partial charge in [-0.3, -0.25) is 10.1 Å². The molecular formula is C16H22N2OS. The third-order valence-electron chi connectivity index (χ3n) is 5.29. The van der Waals surface area contributed by atoms with E-state index in [1.54, 1.807) is 0 Å². The van der Waals surface area contributed by atoms with E-state index in [1.165, 1.54) is 29.0 Å². The van der Waals surface area contributed by atoms with Crippen molar-refractivity contribution >= 4 is 17.2 Å². The summed E-state index contributed by atoms with van der Waals surface area (Å²) in [4.78, 5) is 17.7. The Labute approximate surface area is 124 Å². The van der Waals surface area contributed by atoms with E-state index in [0.29, 0.717) is 17.9 Å². The fourth-order valence-electron chi connectivity index (χ4n) is 3.93. The summed E-state index contributed by atoms with van der Waals surface area (Å²) in [7, 11) is 0. The van der Waals surface area contributed by atoms with Gasteiger partial charge in [-0.05, 0) is 50.7 Å². The molecule has 1 spiro atoms. The lowest BCUT2D eigenvalue weighted by Gasteiger charge is -2.32. The maximum atomic E-state index is 12.9. The zero-order chi connectivity index (χ0) is 13.9. The van der Waals surface area contributed by atoms with Crippen molar-refractivity contribution in [3.63, 3.8) is 0 Å². The van der Waals surface area contributed by atoms with Crippen molar-refractivity contribution in [3.05, 3.63) is 21.9 Å². The molecule has 1 saturated heterocycles. The third-order valence-corrected chi connectivity index (χ3v) is 6.34. The molecule has 0 bridgehead atoms. The van der Waals surface area contributed by atoms with Crippen LogP contribution in [0.25, 0.3) is 0 Å². The number of nitrogens with one attached hydrogen (secondary N) is 1. The zero-order valence-electron chi connectivity index (χ0n) is 12.2. The molecule has 1 aromatic rings. The molecular weight excluding hydrogens is 268 g/mol. The molecule has 2 heterocycles. The lowest BCUT2D eigenvalue weighted by atomic mass is 10.0. The van der Waals surface area contributed by atoms with Crippen molar-refractivity contribution in [2.24, 2.45) is 5.92 Å². The van der Waals surface area contributed by atoms with Crippen LogP contribution in [0, 0.1) is 12.8 Å². The zero-order valence-corrected chi connectivity index (χ0v) is 13.0. The van der Waals surface area contributed by atoms with Gasteiger partial charge in [0, 0.05) is 15.8 Å². The van der Waals surface area contributed by atoms with Gasteiger partial charge < -0.3 is 4.90 Å². The molecule has 1 aromatic heterocycles. The molecule has 1 amide bonds. The van der Waals surface area contributed by atoms with Gasteiger partial charge in [0.1, 0.15) is 11.7 Å². The Kier molecular flexibility index (Phi) is 2.77. The average molecular weight is 290 g/mol. The van der Waals surface area contributed by atoms with Gasteiger partial charge in [0.05, 0.1) is 0 Å². The molecule has 3 atom stereocenters. The topological polar surface area (TPSA) is 32.3 Å². The quantitative estimate of drug-likeness (QED) is 0.907. The second-order valence-electron chi connectivity index (χ2n) is 6.77. The van der Waals surface area contributed by atoms with E-state index in [9.17, 15) is 4.79 Å². The Morgan fingerprint density at radius 2 is 2.15 bits per heavy atom. The van der Waals surface area contributed by atoms with Gasteiger partial charge in [-0.2, -0.15) is 0 Å². The molecule has 3 fully saturated rings. The minimum Gasteiger partial charge on any atom is -0.317 e. The van der Waals surface area contributed by atoms with E-state index in [0.717, 1.165) is 12.8 Å². The second kappa shape index (κ2) is 4.31. The molecule has 2 saturated carbocycles. The average Bonchev–Trinajstić information content (AvgIpc) is 2.73. The minimum absolute atomic E-state index is 0.120. The number of aryl methyl sites for hydroxylation is 1. The molecule has 3 aliphatic rings. The number of hydrogen-bond acceptors (Lipinski definition) is 3. The van der Waals surface area contributed by atoms with E-state index < -0.39 is 0 Å². The molecule has 4 heteroatoms. The molecule has 2 aliphatic carbocycles. The molecule has 3 nitrogen and oxygen atoms in total. The second-order valence-corrected chi connectivity index (χ2v) is 8.08. The largest absolute Gasteiger partial charge is 0.317 e. The van der Waals surface area contributed by atoms with Crippen molar-refractivity contribution in [3.8, 4) is 0 Å². The molecule has 108 valence electrons. The number of carbonyl (C=O) groups is 1. The normalized spacial score (nSPS) is 35.2. The Balaban J connectivity index is 1.70. The number of rotatable bonds is 2. The van der Waals surface area contributed by atoms with E-state index in [-0.39, 0.29) is 11.7 Å². The van der Waals surface area contributed by atoms with Crippen LogP contribution in [0.4, 0.5) is 0 Å². The SMILES string of the molecule is Cc1ccc(C2NC3(CC3)C(=O)N2C2CCCC2C)s1. The third kappa shape index (κ3) is 1.77. The summed E-state index contributed by atoms with van der Waals surface area (Å²) >= 11 is 1.82. The highest BCUT2D eigenvalue weighted by Crippen LogP contribution is 2.49. The summed E-state index contributed by atoms with van der Waals surface area (Å²) < 4.78 is 0. The summed E-state index contributed by atoms with van der Waals surface area (Å²) in [5.74, 6) is 1.01. The van der Waals surface area contributed by atoms with Gasteiger partial charge in [-0.15, -0.1) is 11.3 Å². The first-order valence-corrected chi connectivity index (χ1v) is 8.59. The van der Waals surface area contributed by atoms with Gasteiger partial charge in [0.25, 0.3) is 0 Å². The summed E-state index contributed by atoms with van der Waals surface area (Å²) in [6.45, 7) is 4.44. The van der Waals surface area contributed by atoms with Crippen molar-refractivity contribution in [1.82, 2.24) is 10.2 Å². The molecule has 4 rings (SSSR count). The number of thiophene rings is 1. The van der Waals surface area contributed by atoms with Crippen LogP contribution in [0.2, 0.25) is 0 Å². The van der Waals surface area contributed by atoms with Crippen LogP contribution >= 0.6 is 11.3 Å². The fraction of sp³-hybridized carbons (Fsp3) is 0.688. The number of nitrogens with zero attached hydrogens (tertiary/aromatic N) is 1. The predicted octanol–water partition coefficient (Wildman–Crippen LogP) is 3.21. The van der Waals surface area contributed by atoms with Crippen molar-refractivity contribution in [1.29, 1.82) is 0 Å². The van der Waals surface area contributed by atoms with E-state index >= 15 is 0 Å². The molecule has 1 aliphatic heterocycles. The molecule has 0 aromatic carbocycles. The van der Waals surface area contributed by atoms with Crippen LogP contribution in [0.5, 0.6) is 0 Å². The smallest absolute Gasteiger partial charge is 0.244 e. The van der Waals surface area contributed by atoms with Gasteiger partial charge in [-0.25, -0.2) is 0 Å². The first-order chi connectivity index (χ1) is 9.61. The minimum atomic E-state index is -0.204. The van der Waals surface area contributed by atoms with E-state index in [1.807, 2.05) is 11.3 Å². The fourth-order valence-corrected chi connectivity index (χ4v) is 4.86. The van der Waals surface area contributed by atoms with Crippen LogP contribution in [-0.4, -0.2) is 22.4 Å². The van der Waals surface area contributed by atoms with Crippen LogP contribution in [0.1, 0.15) is 54.9 Å². The maximum absolute atomic E-state index is 12.9. The lowest BCUT2D eigenvalue weighted by molar-refractivity contribution is -0.133. The summed E-state index contributed by atoms with van der Waals surface area (Å²) in [5, 5.41) is 3.66. The van der Waals surface area contributed by atoms with Crippen LogP contribution in [-0.2, 0) is 4.79 Å². The van der Waals surface area contributed by atoms with Crippen LogP contribution in [0.15, 0.2) is 12.1 Å². The Hall–Kier alpha value is -0.870. The van der Waals surface area contributed by atoms with Gasteiger partial charge in [-0.1, -0.05) is 13.3 Å². The highest BCUT2D eigenvalue weighted by Gasteiger charge is 2.61. The van der Waals surface area contributed by atoms with Gasteiger partial charge >= 0.3 is 0 Å². The molecule has 1 N–H and O–H groups in total. The van der Waals surface area contributed by atoms with Gasteiger partial charge in [0.2, 0.25) is 5.91 Å². The summed E-state index contributed by atoms with van der Waals surface area (Å²) in [6.07, 6.45) is 5.85. The molecule has 3 unspecified atom stereocenters. The first-order valence-electron chi connectivity index (χ1n) is 7.77. The molecule has 0 radical (unpaired) electrons. The number of carbonyl (C=O) groups excluding carboxylic acids is 1. The van der Waals surface area contributed by atoms with Crippen molar-refractivity contribution in [2.75, 3.05) is 0 Å². The lowest BCUT2D eigenvalue weighted by Crippen LogP contribution is -2.41. The standard InChI is InChI=1S/C16H22N2OS/c1-10-4-3-5-12(10)18-14(13-7-6-11(2)20-13)17-16(8-9-16)15(18)19/h6-7,10,12,14,17H,3-5,8-9H2,1-2H3. The highest BCUT2D eigenvalue weighted by atomic mass is 32.1. The van der Waals surface area contributed by atoms with E-state index in [2.05, 4.69) is 36.2 Å². The first kappa shape index (κ1) is 12.8. The molecule has 20 heavy (non-hydrogen) atoms. The Bertz CT molecular complexity index is 548. The maximum Gasteiger partial charge on any atom is 0.244 e. The van der Waals surface area contributed by atoms with Crippen molar-refractivity contribution < 1.29 is 4.79 Å². The van der Waals surface area contributed by atoms with E-state index in [4.69, 9.17) is 0 Å². The highest BCUT2D eigenvalue weighted by molar-refractivity contribution is 7.12. The monoisotopic (exact) mass is 290 g/mol. The van der Waals surface area contributed by atoms with Gasteiger partial charge in [0.15, 0.2) is 0 Å². The summed E-state index contributed by atoms with van der Waals surface area (Å²) in [5.41, 5.74) is -0.204. The van der Waals surface area contributed by atoms with Crippen LogP contribution in [0.3, 0.4) is 0 Å². The Morgan fingerprint density at radius 3 is 2.70 bits per heavy atom. The Morgan fingerprint density at radius 1 is 1.35 bits per heavy atom. The number of hydrogen-bond donors (Lipinski definition) is 1. The van der Waals surface area contributed by atoms with Crippen molar-refractivity contribution in [2.45, 2.75) is 63.7 Å². The summed E-state index contributed by atoms with van der Waals surface area (Å²) in [6, 6.07) is 4.79. The number of amides is 1. The van der Waals surface area contributed by atoms with Crippen LogP contribution < -0.4 is 5.32 Å². The predicted molar refractivity (Wildman–Crippen MR) is 80.5 cm³/mol.